The van der Waals surface area contributed by atoms with Crippen molar-refractivity contribution in [2.45, 2.75) is 41.0 Å². The highest BCUT2D eigenvalue weighted by Crippen LogP contribution is 2.08. The predicted octanol–water partition coefficient (Wildman–Crippen LogP) is 3.66. The molecule has 0 aromatic rings. The summed E-state index contributed by atoms with van der Waals surface area (Å²) < 4.78 is 0. The van der Waals surface area contributed by atoms with E-state index in [0.29, 0.717) is 0 Å². The summed E-state index contributed by atoms with van der Waals surface area (Å²) in [6.07, 6.45) is 8.29. The van der Waals surface area contributed by atoms with Gasteiger partial charge in [0.05, 0.1) is 0 Å². The van der Waals surface area contributed by atoms with Crippen molar-refractivity contribution in [3.05, 3.63) is 12.3 Å². The summed E-state index contributed by atoms with van der Waals surface area (Å²) in [5.74, 6) is 0.789. The van der Waals surface area contributed by atoms with Gasteiger partial charge in [0.25, 0.3) is 0 Å². The van der Waals surface area contributed by atoms with E-state index in [0.717, 1.165) is 12.3 Å². The summed E-state index contributed by atoms with van der Waals surface area (Å²) in [6.45, 7) is 6.24. The monoisotopic (exact) mass is 155 g/mol. The molecule has 1 aliphatic heterocycles. The molecule has 0 bridgehead atoms. The normalized spacial score (nSPS) is 20.8. The molecular weight excluding hydrogens is 134 g/mol. The average Bonchev–Trinajstić information content (AvgIpc) is 2.21. The van der Waals surface area contributed by atoms with Crippen LogP contribution in [0, 0.1) is 5.92 Å². The number of rotatable bonds is 0. The van der Waals surface area contributed by atoms with Crippen LogP contribution in [0.1, 0.15) is 41.0 Å². The third-order valence-corrected chi connectivity index (χ3v) is 1.34. The maximum atomic E-state index is 4.02. The summed E-state index contributed by atoms with van der Waals surface area (Å²) in [6, 6.07) is 0. The highest BCUT2D eigenvalue weighted by atomic mass is 14.7. The molecule has 1 nitrogen and oxygen atoms in total. The molecule has 0 amide bonds. The summed E-state index contributed by atoms with van der Waals surface area (Å²) in [7, 11) is 0. The van der Waals surface area contributed by atoms with Gasteiger partial charge in [-0.25, -0.2) is 0 Å². The summed E-state index contributed by atoms with van der Waals surface area (Å²) in [5, 5.41) is 0. The molecule has 0 aliphatic carbocycles. The second kappa shape index (κ2) is 9.41. The molecule has 0 radical (unpaired) electrons. The van der Waals surface area contributed by atoms with Crippen LogP contribution in [0.4, 0.5) is 0 Å². The van der Waals surface area contributed by atoms with Crippen LogP contribution in [-0.4, -0.2) is 6.21 Å². The van der Waals surface area contributed by atoms with E-state index in [-0.39, 0.29) is 7.43 Å². The number of aliphatic imine (C=N–C) groups is 1. The Bertz CT molecular complexity index is 100. The van der Waals surface area contributed by atoms with E-state index >= 15 is 0 Å². The van der Waals surface area contributed by atoms with Gasteiger partial charge in [0, 0.05) is 12.4 Å². The van der Waals surface area contributed by atoms with E-state index in [4.69, 9.17) is 0 Å². The van der Waals surface area contributed by atoms with Crippen LogP contribution in [0.2, 0.25) is 0 Å². The van der Waals surface area contributed by atoms with Crippen molar-refractivity contribution in [2.24, 2.45) is 10.9 Å². The zero-order valence-electron chi connectivity index (χ0n) is 7.17. The molecule has 0 saturated carbocycles. The fourth-order valence-corrected chi connectivity index (χ4v) is 0.752. The topological polar surface area (TPSA) is 12.4 Å². The maximum absolute atomic E-state index is 4.02. The number of hydrogen-bond donors (Lipinski definition) is 0. The smallest absolute Gasteiger partial charge is 0.0224 e. The summed E-state index contributed by atoms with van der Waals surface area (Å²) >= 11 is 0. The predicted molar refractivity (Wildman–Crippen MR) is 54.1 cm³/mol. The van der Waals surface area contributed by atoms with Gasteiger partial charge in [-0.1, -0.05) is 34.3 Å². The largest absolute Gasteiger partial charge is 0.269 e. The Balaban J connectivity index is 0. The molecule has 1 unspecified atom stereocenters. The van der Waals surface area contributed by atoms with Gasteiger partial charge in [-0.15, -0.1) is 0 Å². The van der Waals surface area contributed by atoms with E-state index in [1.165, 1.54) is 6.42 Å². The lowest BCUT2D eigenvalue weighted by atomic mass is 10.1. The second-order valence-corrected chi connectivity index (χ2v) is 2.29. The molecule has 1 rings (SSSR count). The van der Waals surface area contributed by atoms with Crippen LogP contribution in [0.5, 0.6) is 0 Å². The fourth-order valence-electron chi connectivity index (χ4n) is 0.752. The van der Waals surface area contributed by atoms with Crippen LogP contribution in [0.15, 0.2) is 17.3 Å². The van der Waals surface area contributed by atoms with Gasteiger partial charge in [0.1, 0.15) is 0 Å². The van der Waals surface area contributed by atoms with Crippen molar-refractivity contribution < 1.29 is 0 Å². The zero-order valence-corrected chi connectivity index (χ0v) is 7.17. The van der Waals surface area contributed by atoms with E-state index in [2.05, 4.69) is 18.0 Å². The molecule has 0 N–H and O–H groups in total. The first kappa shape index (κ1) is 13.0. The first-order chi connectivity index (χ1) is 4.89. The minimum absolute atomic E-state index is 0. The molecule has 1 aliphatic rings. The molecule has 0 aromatic heterocycles. The lowest BCUT2D eigenvalue weighted by Gasteiger charge is -1.98. The molecule has 11 heavy (non-hydrogen) atoms. The Hall–Kier alpha value is -0.590. The van der Waals surface area contributed by atoms with Gasteiger partial charge in [0.15, 0.2) is 0 Å². The van der Waals surface area contributed by atoms with E-state index < -0.39 is 0 Å². The molecule has 66 valence electrons. The first-order valence-corrected chi connectivity index (χ1v) is 4.06. The van der Waals surface area contributed by atoms with Crippen LogP contribution < -0.4 is 0 Å². The Labute approximate surface area is 71.2 Å². The Morgan fingerprint density at radius 3 is 2.55 bits per heavy atom. The molecule has 1 heteroatoms. The Morgan fingerprint density at radius 1 is 1.27 bits per heavy atom. The lowest BCUT2D eigenvalue weighted by Crippen LogP contribution is -1.90. The standard InChI is InChI=1S/C7H11N.C2H6.CH4/c1-7-3-2-5-8-6-4-7;1-2;/h2,5-7H,3-4H2,1H3;1-2H3;1H4. The number of hydrogen-bond acceptors (Lipinski definition) is 1. The third kappa shape index (κ3) is 7.31. The zero-order chi connectivity index (χ0) is 7.82. The van der Waals surface area contributed by atoms with Gasteiger partial charge in [-0.05, 0) is 18.8 Å². The van der Waals surface area contributed by atoms with E-state index in [1.807, 2.05) is 26.3 Å². The minimum Gasteiger partial charge on any atom is -0.269 e. The van der Waals surface area contributed by atoms with Crippen LogP contribution in [0.3, 0.4) is 0 Å². The van der Waals surface area contributed by atoms with Gasteiger partial charge in [-0.3, -0.25) is 4.99 Å². The Morgan fingerprint density at radius 2 is 1.91 bits per heavy atom. The van der Waals surface area contributed by atoms with Crippen molar-refractivity contribution in [1.82, 2.24) is 0 Å². The van der Waals surface area contributed by atoms with Crippen LogP contribution in [0.25, 0.3) is 0 Å². The highest BCUT2D eigenvalue weighted by Gasteiger charge is 1.97. The molecule has 1 heterocycles. The van der Waals surface area contributed by atoms with Gasteiger partial charge < -0.3 is 0 Å². The van der Waals surface area contributed by atoms with Crippen LogP contribution in [-0.2, 0) is 0 Å². The second-order valence-electron chi connectivity index (χ2n) is 2.29. The number of nitrogens with zero attached hydrogens (tertiary/aromatic N) is 1. The fraction of sp³-hybridized carbons (Fsp3) is 0.700. The van der Waals surface area contributed by atoms with Crippen molar-refractivity contribution in [3.8, 4) is 0 Å². The molecule has 0 aromatic carbocycles. The van der Waals surface area contributed by atoms with Gasteiger partial charge >= 0.3 is 0 Å². The summed E-state index contributed by atoms with van der Waals surface area (Å²) in [5.41, 5.74) is 0. The van der Waals surface area contributed by atoms with Gasteiger partial charge in [0.2, 0.25) is 0 Å². The first-order valence-electron chi connectivity index (χ1n) is 4.06. The minimum atomic E-state index is 0. The van der Waals surface area contributed by atoms with Gasteiger partial charge in [-0.2, -0.15) is 0 Å². The number of allylic oxidation sites excluding steroid dienone is 1. The third-order valence-electron chi connectivity index (χ3n) is 1.34. The quantitative estimate of drug-likeness (QED) is 0.506. The molecule has 0 fully saturated rings. The summed E-state index contributed by atoms with van der Waals surface area (Å²) in [4.78, 5) is 4.02. The average molecular weight is 155 g/mol. The van der Waals surface area contributed by atoms with Crippen molar-refractivity contribution in [2.75, 3.05) is 0 Å². The lowest BCUT2D eigenvalue weighted by molar-refractivity contribution is 0.629. The highest BCUT2D eigenvalue weighted by molar-refractivity contribution is 5.58. The van der Waals surface area contributed by atoms with Crippen LogP contribution >= 0.6 is 0 Å². The molecule has 0 saturated heterocycles. The van der Waals surface area contributed by atoms with Crippen molar-refractivity contribution in [3.63, 3.8) is 0 Å². The molecule has 1 atom stereocenters. The SMILES string of the molecule is C.CC.CC1CC=CN=CC1. The maximum Gasteiger partial charge on any atom is 0.0224 e. The molecular formula is C10H21N. The van der Waals surface area contributed by atoms with Crippen molar-refractivity contribution >= 4 is 6.21 Å². The Kier molecular flexibility index (Phi) is 11.1. The van der Waals surface area contributed by atoms with Crippen molar-refractivity contribution in [1.29, 1.82) is 0 Å². The van der Waals surface area contributed by atoms with E-state index in [9.17, 15) is 0 Å². The van der Waals surface area contributed by atoms with E-state index in [1.54, 1.807) is 0 Å². The molecule has 0 spiro atoms.